The lowest BCUT2D eigenvalue weighted by Crippen LogP contribution is -2.68. The summed E-state index contributed by atoms with van der Waals surface area (Å²) in [7, 11) is 2.03. The molecule has 1 aromatic carbocycles. The molecule has 1 aromatic rings. The molecule has 0 aliphatic carbocycles. The van der Waals surface area contributed by atoms with Crippen molar-refractivity contribution in [3.05, 3.63) is 34.6 Å². The van der Waals surface area contributed by atoms with Gasteiger partial charge in [-0.1, -0.05) is 11.6 Å². The monoisotopic (exact) mass is 312 g/mol. The number of hydrogen-bond donors (Lipinski definition) is 1. The Balaban J connectivity index is 1.68. The van der Waals surface area contributed by atoms with E-state index in [-0.39, 0.29) is 29.0 Å². The van der Waals surface area contributed by atoms with Crippen LogP contribution in [-0.2, 0) is 0 Å². The number of nitrogens with zero attached hydrogens (tertiary/aromatic N) is 2. The molecule has 3 rings (SSSR count). The minimum atomic E-state index is -0.519. The molecule has 0 saturated carbocycles. The van der Waals surface area contributed by atoms with Crippen molar-refractivity contribution in [2.45, 2.75) is 12.0 Å². The summed E-state index contributed by atoms with van der Waals surface area (Å²) in [6, 6.07) is 4.05. The first-order chi connectivity index (χ1) is 9.95. The lowest BCUT2D eigenvalue weighted by molar-refractivity contribution is -0.00774. The summed E-state index contributed by atoms with van der Waals surface area (Å²) in [6.45, 7) is 2.34. The molecular formula is C15H18ClFN2O2. The zero-order chi connectivity index (χ0) is 15.2. The highest BCUT2D eigenvalue weighted by molar-refractivity contribution is 6.31. The normalized spacial score (nSPS) is 24.4. The Hall–Kier alpha value is -1.17. The van der Waals surface area contributed by atoms with Gasteiger partial charge in [-0.25, -0.2) is 4.39 Å². The van der Waals surface area contributed by atoms with Gasteiger partial charge in [-0.3, -0.25) is 9.69 Å². The van der Waals surface area contributed by atoms with Crippen molar-refractivity contribution < 1.29 is 14.3 Å². The quantitative estimate of drug-likeness (QED) is 0.902. The first-order valence-corrected chi connectivity index (χ1v) is 7.39. The summed E-state index contributed by atoms with van der Waals surface area (Å²) >= 11 is 5.72. The molecule has 1 unspecified atom stereocenters. The maximum Gasteiger partial charge on any atom is 0.254 e. The SMILES string of the molecule is CN1CC(CO)CC12CN(C(=O)c1ccc(F)c(Cl)c1)C2. The molecular weight excluding hydrogens is 295 g/mol. The first-order valence-electron chi connectivity index (χ1n) is 7.01. The van der Waals surface area contributed by atoms with Crippen molar-refractivity contribution in [3.8, 4) is 0 Å². The van der Waals surface area contributed by atoms with Crippen LogP contribution in [0.1, 0.15) is 16.8 Å². The molecule has 2 heterocycles. The van der Waals surface area contributed by atoms with E-state index in [1.807, 2.05) is 7.05 Å². The van der Waals surface area contributed by atoms with Gasteiger partial charge in [0.15, 0.2) is 0 Å². The van der Waals surface area contributed by atoms with Gasteiger partial charge in [0.25, 0.3) is 5.91 Å². The number of aliphatic hydroxyl groups is 1. The van der Waals surface area contributed by atoms with Crippen LogP contribution in [0, 0.1) is 11.7 Å². The molecule has 0 aromatic heterocycles. The third kappa shape index (κ3) is 2.43. The van der Waals surface area contributed by atoms with Crippen molar-refractivity contribution in [3.63, 3.8) is 0 Å². The molecule has 21 heavy (non-hydrogen) atoms. The molecule has 4 nitrogen and oxygen atoms in total. The second-order valence-electron chi connectivity index (χ2n) is 6.15. The Bertz CT molecular complexity index is 575. The lowest BCUT2D eigenvalue weighted by Gasteiger charge is -2.52. The molecule has 0 radical (unpaired) electrons. The maximum atomic E-state index is 13.1. The molecule has 1 atom stereocenters. The fourth-order valence-corrected chi connectivity index (χ4v) is 3.63. The van der Waals surface area contributed by atoms with E-state index >= 15 is 0 Å². The van der Waals surface area contributed by atoms with E-state index in [1.165, 1.54) is 18.2 Å². The summed E-state index contributed by atoms with van der Waals surface area (Å²) in [4.78, 5) is 16.3. The van der Waals surface area contributed by atoms with Crippen molar-refractivity contribution >= 4 is 17.5 Å². The van der Waals surface area contributed by atoms with Crippen LogP contribution in [0.15, 0.2) is 18.2 Å². The summed E-state index contributed by atoms with van der Waals surface area (Å²) in [5.74, 6) is -0.356. The number of hydrogen-bond acceptors (Lipinski definition) is 3. The Kier molecular flexibility index (Phi) is 3.67. The number of likely N-dealkylation sites (tertiary alicyclic amines) is 2. The molecule has 2 saturated heterocycles. The number of carbonyl (C=O) groups excluding carboxylic acids is 1. The van der Waals surface area contributed by atoms with Gasteiger partial charge < -0.3 is 10.0 Å². The van der Waals surface area contributed by atoms with Crippen LogP contribution in [0.4, 0.5) is 4.39 Å². The van der Waals surface area contributed by atoms with E-state index < -0.39 is 5.82 Å². The number of halogens is 2. The molecule has 2 fully saturated rings. The van der Waals surface area contributed by atoms with Gasteiger partial charge in [-0.05, 0) is 37.6 Å². The van der Waals surface area contributed by atoms with Crippen molar-refractivity contribution in [1.29, 1.82) is 0 Å². The summed E-state index contributed by atoms with van der Waals surface area (Å²) in [5, 5.41) is 9.25. The van der Waals surface area contributed by atoms with E-state index in [0.717, 1.165) is 13.0 Å². The van der Waals surface area contributed by atoms with E-state index in [9.17, 15) is 14.3 Å². The van der Waals surface area contributed by atoms with Gasteiger partial charge in [-0.15, -0.1) is 0 Å². The van der Waals surface area contributed by atoms with Gasteiger partial charge in [0.05, 0.1) is 10.6 Å². The smallest absolute Gasteiger partial charge is 0.254 e. The number of aliphatic hydroxyl groups excluding tert-OH is 1. The van der Waals surface area contributed by atoms with Crippen LogP contribution in [0.25, 0.3) is 0 Å². The molecule has 6 heteroatoms. The van der Waals surface area contributed by atoms with Crippen LogP contribution in [0.3, 0.4) is 0 Å². The molecule has 0 bridgehead atoms. The number of likely N-dealkylation sites (N-methyl/N-ethyl adjacent to an activating group) is 1. The topological polar surface area (TPSA) is 43.8 Å². The average Bonchev–Trinajstić information content (AvgIpc) is 2.76. The Morgan fingerprint density at radius 3 is 2.81 bits per heavy atom. The number of amides is 1. The maximum absolute atomic E-state index is 13.1. The predicted octanol–water partition coefficient (Wildman–Crippen LogP) is 1.62. The molecule has 114 valence electrons. The first kappa shape index (κ1) is 14.8. The van der Waals surface area contributed by atoms with Gasteiger partial charge in [0.1, 0.15) is 5.82 Å². The number of rotatable bonds is 2. The molecule has 1 N–H and O–H groups in total. The molecule has 2 aliphatic heterocycles. The minimum Gasteiger partial charge on any atom is -0.396 e. The zero-order valence-electron chi connectivity index (χ0n) is 11.9. The van der Waals surface area contributed by atoms with E-state index in [2.05, 4.69) is 4.90 Å². The highest BCUT2D eigenvalue weighted by Gasteiger charge is 2.52. The van der Waals surface area contributed by atoms with Crippen LogP contribution in [0.2, 0.25) is 5.02 Å². The second-order valence-corrected chi connectivity index (χ2v) is 6.55. The summed E-state index contributed by atoms with van der Waals surface area (Å²) < 4.78 is 13.1. The van der Waals surface area contributed by atoms with Crippen molar-refractivity contribution in [2.75, 3.05) is 33.3 Å². The molecule has 1 spiro atoms. The van der Waals surface area contributed by atoms with Gasteiger partial charge in [-0.2, -0.15) is 0 Å². The van der Waals surface area contributed by atoms with Crippen LogP contribution in [0.5, 0.6) is 0 Å². The van der Waals surface area contributed by atoms with E-state index in [1.54, 1.807) is 4.90 Å². The number of benzene rings is 1. The lowest BCUT2D eigenvalue weighted by atomic mass is 9.84. The Morgan fingerprint density at radius 2 is 2.24 bits per heavy atom. The van der Waals surface area contributed by atoms with E-state index in [4.69, 9.17) is 11.6 Å². The standard InChI is InChI=1S/C15H18ClFN2O2/c1-18-6-10(7-20)5-15(18)8-19(9-15)14(21)11-2-3-13(17)12(16)4-11/h2-4,10,20H,5-9H2,1H3. The van der Waals surface area contributed by atoms with Gasteiger partial charge in [0.2, 0.25) is 0 Å². The van der Waals surface area contributed by atoms with E-state index in [0.29, 0.717) is 18.7 Å². The predicted molar refractivity (Wildman–Crippen MR) is 77.9 cm³/mol. The zero-order valence-corrected chi connectivity index (χ0v) is 12.6. The van der Waals surface area contributed by atoms with Crippen LogP contribution < -0.4 is 0 Å². The third-order valence-electron chi connectivity index (χ3n) is 4.69. The van der Waals surface area contributed by atoms with Crippen molar-refractivity contribution in [1.82, 2.24) is 9.80 Å². The average molecular weight is 313 g/mol. The number of carbonyl (C=O) groups is 1. The fourth-order valence-electron chi connectivity index (χ4n) is 3.45. The summed E-state index contributed by atoms with van der Waals surface area (Å²) in [5.41, 5.74) is 0.406. The Morgan fingerprint density at radius 1 is 1.52 bits per heavy atom. The van der Waals surface area contributed by atoms with Gasteiger partial charge >= 0.3 is 0 Å². The highest BCUT2D eigenvalue weighted by atomic mass is 35.5. The highest BCUT2D eigenvalue weighted by Crippen LogP contribution is 2.39. The fraction of sp³-hybridized carbons (Fsp3) is 0.533. The van der Waals surface area contributed by atoms with Crippen molar-refractivity contribution in [2.24, 2.45) is 5.92 Å². The molecule has 1 amide bonds. The molecule has 2 aliphatic rings. The Labute approximate surface area is 128 Å². The third-order valence-corrected chi connectivity index (χ3v) is 4.98. The summed E-state index contributed by atoms with van der Waals surface area (Å²) in [6.07, 6.45) is 0.911. The minimum absolute atomic E-state index is 0.00706. The van der Waals surface area contributed by atoms with Crippen LogP contribution >= 0.6 is 11.6 Å². The largest absolute Gasteiger partial charge is 0.396 e. The van der Waals surface area contributed by atoms with Gasteiger partial charge in [0, 0.05) is 31.8 Å². The second kappa shape index (κ2) is 5.23. The van der Waals surface area contributed by atoms with Crippen LogP contribution in [-0.4, -0.2) is 59.6 Å².